The van der Waals surface area contributed by atoms with E-state index in [1.807, 2.05) is 0 Å². The van der Waals surface area contributed by atoms with Gasteiger partial charge < -0.3 is 24.7 Å². The summed E-state index contributed by atoms with van der Waals surface area (Å²) in [4.78, 5) is 16.3. The maximum atomic E-state index is 11.9. The Kier molecular flexibility index (Phi) is 5.14. The number of nitrogens with zero attached hydrogens (tertiary/aromatic N) is 2. The van der Waals surface area contributed by atoms with Gasteiger partial charge in [-0.3, -0.25) is 0 Å². The molecule has 1 fully saturated rings. The van der Waals surface area contributed by atoms with Crippen LogP contribution in [0.5, 0.6) is 0 Å². The smallest absolute Gasteiger partial charge is 0.315 e. The Labute approximate surface area is 139 Å². The minimum Gasteiger partial charge on any atom is -0.467 e. The molecule has 2 atom stereocenters. The highest BCUT2D eigenvalue weighted by Crippen LogP contribution is 2.32. The molecule has 2 amide bonds. The molecule has 2 unspecified atom stereocenters. The summed E-state index contributed by atoms with van der Waals surface area (Å²) < 4.78 is 10.3. The lowest BCUT2D eigenvalue weighted by atomic mass is 10.1. The number of carbonyl (C=O) groups excluding carboxylic acids is 1. The van der Waals surface area contributed by atoms with Crippen LogP contribution in [0.15, 0.2) is 27.3 Å². The standard InChI is InChI=1S/C16H22N4O4/c1-10(15-19-14(20-24-15)11-5-2-3-6-11)18-16(22)17-9-12(21)13-7-4-8-23-13/h4,7-8,10-12,21H,2-3,5-6,9H2,1H3,(H2,17,18,22). The van der Waals surface area contributed by atoms with E-state index in [0.717, 1.165) is 18.7 Å². The third-order valence-electron chi connectivity index (χ3n) is 4.22. The molecule has 0 bridgehead atoms. The predicted molar refractivity (Wildman–Crippen MR) is 84.1 cm³/mol. The number of amides is 2. The summed E-state index contributed by atoms with van der Waals surface area (Å²) in [6.07, 6.45) is 5.15. The van der Waals surface area contributed by atoms with E-state index in [9.17, 15) is 9.90 Å². The summed E-state index contributed by atoms with van der Waals surface area (Å²) in [7, 11) is 0. The average Bonchev–Trinajstić information content (AvgIpc) is 3.34. The first-order valence-electron chi connectivity index (χ1n) is 8.23. The number of aliphatic hydroxyl groups excluding tert-OH is 1. The Hall–Kier alpha value is -2.35. The summed E-state index contributed by atoms with van der Waals surface area (Å²) >= 11 is 0. The fraction of sp³-hybridized carbons (Fsp3) is 0.562. The van der Waals surface area contributed by atoms with E-state index in [2.05, 4.69) is 20.8 Å². The molecule has 2 heterocycles. The molecular weight excluding hydrogens is 312 g/mol. The number of urea groups is 1. The van der Waals surface area contributed by atoms with Crippen LogP contribution in [0.4, 0.5) is 4.79 Å². The van der Waals surface area contributed by atoms with E-state index in [0.29, 0.717) is 17.6 Å². The molecule has 0 saturated heterocycles. The van der Waals surface area contributed by atoms with Gasteiger partial charge in [-0.15, -0.1) is 0 Å². The number of aliphatic hydroxyl groups is 1. The highest BCUT2D eigenvalue weighted by molar-refractivity contribution is 5.74. The molecule has 2 aromatic rings. The van der Waals surface area contributed by atoms with E-state index >= 15 is 0 Å². The summed E-state index contributed by atoms with van der Waals surface area (Å²) in [5.41, 5.74) is 0. The van der Waals surface area contributed by atoms with Gasteiger partial charge in [0.05, 0.1) is 12.8 Å². The third-order valence-corrected chi connectivity index (χ3v) is 4.22. The van der Waals surface area contributed by atoms with Gasteiger partial charge in [-0.25, -0.2) is 4.79 Å². The van der Waals surface area contributed by atoms with Crippen LogP contribution in [0, 0.1) is 0 Å². The topological polar surface area (TPSA) is 113 Å². The van der Waals surface area contributed by atoms with Crippen LogP contribution in [0.25, 0.3) is 0 Å². The molecular formula is C16H22N4O4. The zero-order chi connectivity index (χ0) is 16.9. The normalized spacial score (nSPS) is 17.6. The second-order valence-electron chi connectivity index (χ2n) is 6.08. The van der Waals surface area contributed by atoms with Crippen molar-refractivity contribution in [2.24, 2.45) is 0 Å². The van der Waals surface area contributed by atoms with Crippen LogP contribution in [0.1, 0.15) is 68.1 Å². The maximum Gasteiger partial charge on any atom is 0.315 e. The Morgan fingerprint density at radius 1 is 1.46 bits per heavy atom. The number of furan rings is 1. The van der Waals surface area contributed by atoms with Gasteiger partial charge in [0, 0.05) is 5.92 Å². The molecule has 2 aromatic heterocycles. The fourth-order valence-electron chi connectivity index (χ4n) is 2.85. The third kappa shape index (κ3) is 3.94. The van der Waals surface area contributed by atoms with Gasteiger partial charge in [-0.1, -0.05) is 18.0 Å². The highest BCUT2D eigenvalue weighted by atomic mass is 16.5. The Bertz CT molecular complexity index is 649. The van der Waals surface area contributed by atoms with Crippen molar-refractivity contribution in [1.29, 1.82) is 0 Å². The number of carbonyl (C=O) groups is 1. The van der Waals surface area contributed by atoms with Crippen LogP contribution in [0.2, 0.25) is 0 Å². The van der Waals surface area contributed by atoms with E-state index in [4.69, 9.17) is 8.94 Å². The Morgan fingerprint density at radius 2 is 2.25 bits per heavy atom. The lowest BCUT2D eigenvalue weighted by Crippen LogP contribution is -2.39. The summed E-state index contributed by atoms with van der Waals surface area (Å²) in [6.45, 7) is 1.82. The number of nitrogens with one attached hydrogen (secondary N) is 2. The van der Waals surface area contributed by atoms with Crippen molar-refractivity contribution in [2.75, 3.05) is 6.54 Å². The SMILES string of the molecule is CC(NC(=O)NCC(O)c1ccco1)c1nc(C2CCCC2)no1. The Balaban J connectivity index is 1.47. The summed E-state index contributed by atoms with van der Waals surface area (Å²) in [6, 6.07) is 2.50. The number of aromatic nitrogens is 2. The predicted octanol–water partition coefficient (Wildman–Crippen LogP) is 2.41. The van der Waals surface area contributed by atoms with E-state index in [1.165, 1.54) is 19.1 Å². The second kappa shape index (κ2) is 7.48. The van der Waals surface area contributed by atoms with Crippen LogP contribution in [-0.2, 0) is 0 Å². The van der Waals surface area contributed by atoms with Crippen molar-refractivity contribution in [3.8, 4) is 0 Å². The molecule has 8 nitrogen and oxygen atoms in total. The highest BCUT2D eigenvalue weighted by Gasteiger charge is 2.24. The molecule has 0 radical (unpaired) electrons. The van der Waals surface area contributed by atoms with Crippen molar-refractivity contribution in [1.82, 2.24) is 20.8 Å². The maximum absolute atomic E-state index is 11.9. The van der Waals surface area contributed by atoms with Gasteiger partial charge >= 0.3 is 6.03 Å². The lowest BCUT2D eigenvalue weighted by Gasteiger charge is -2.13. The molecule has 3 rings (SSSR count). The van der Waals surface area contributed by atoms with Gasteiger partial charge in [0.2, 0.25) is 5.89 Å². The van der Waals surface area contributed by atoms with Gasteiger partial charge in [-0.05, 0) is 31.9 Å². The summed E-state index contributed by atoms with van der Waals surface area (Å²) in [5.74, 6) is 1.89. The van der Waals surface area contributed by atoms with Crippen molar-refractivity contribution in [3.05, 3.63) is 35.9 Å². The molecule has 1 aliphatic carbocycles. The molecule has 24 heavy (non-hydrogen) atoms. The second-order valence-corrected chi connectivity index (χ2v) is 6.08. The molecule has 0 aromatic carbocycles. The van der Waals surface area contributed by atoms with Crippen LogP contribution in [0.3, 0.4) is 0 Å². The lowest BCUT2D eigenvalue weighted by molar-refractivity contribution is 0.147. The summed E-state index contributed by atoms with van der Waals surface area (Å²) in [5, 5.41) is 19.2. The zero-order valence-corrected chi connectivity index (χ0v) is 13.6. The fourth-order valence-corrected chi connectivity index (χ4v) is 2.85. The number of rotatable bonds is 6. The minimum absolute atomic E-state index is 0.0449. The van der Waals surface area contributed by atoms with Crippen molar-refractivity contribution < 1.29 is 18.8 Å². The molecule has 8 heteroatoms. The minimum atomic E-state index is -0.890. The molecule has 130 valence electrons. The van der Waals surface area contributed by atoms with Crippen LogP contribution < -0.4 is 10.6 Å². The van der Waals surface area contributed by atoms with E-state index in [-0.39, 0.29) is 6.54 Å². The molecule has 0 aliphatic heterocycles. The van der Waals surface area contributed by atoms with Gasteiger partial charge in [-0.2, -0.15) is 4.98 Å². The first-order valence-corrected chi connectivity index (χ1v) is 8.23. The van der Waals surface area contributed by atoms with Gasteiger partial charge in [0.1, 0.15) is 17.9 Å². The van der Waals surface area contributed by atoms with Gasteiger partial charge in [0.15, 0.2) is 5.82 Å². The van der Waals surface area contributed by atoms with Crippen LogP contribution in [-0.4, -0.2) is 27.8 Å². The van der Waals surface area contributed by atoms with Gasteiger partial charge in [0.25, 0.3) is 0 Å². The monoisotopic (exact) mass is 334 g/mol. The molecule has 1 aliphatic rings. The Morgan fingerprint density at radius 3 is 2.96 bits per heavy atom. The molecule has 3 N–H and O–H groups in total. The molecule has 0 spiro atoms. The first-order chi connectivity index (χ1) is 11.6. The van der Waals surface area contributed by atoms with E-state index in [1.54, 1.807) is 19.1 Å². The van der Waals surface area contributed by atoms with Crippen molar-refractivity contribution >= 4 is 6.03 Å². The average molecular weight is 334 g/mol. The molecule has 1 saturated carbocycles. The van der Waals surface area contributed by atoms with E-state index < -0.39 is 18.2 Å². The number of hydrogen-bond acceptors (Lipinski definition) is 6. The quantitative estimate of drug-likeness (QED) is 0.747. The largest absolute Gasteiger partial charge is 0.467 e. The van der Waals surface area contributed by atoms with Crippen molar-refractivity contribution in [2.45, 2.75) is 50.7 Å². The zero-order valence-electron chi connectivity index (χ0n) is 13.6. The van der Waals surface area contributed by atoms with Crippen molar-refractivity contribution in [3.63, 3.8) is 0 Å². The number of hydrogen-bond donors (Lipinski definition) is 3. The first kappa shape index (κ1) is 16.5. The van der Waals surface area contributed by atoms with Crippen LogP contribution >= 0.6 is 0 Å².